The molecule has 0 bridgehead atoms. The molecular weight excluding hydrogens is 515 g/mol. The fourth-order valence-electron chi connectivity index (χ4n) is 3.48. The van der Waals surface area contributed by atoms with Gasteiger partial charge < -0.3 is 29.7 Å². The summed E-state index contributed by atoms with van der Waals surface area (Å²) in [5.41, 5.74) is 1.17. The van der Waals surface area contributed by atoms with E-state index in [0.717, 1.165) is 12.1 Å². The van der Waals surface area contributed by atoms with Crippen LogP contribution in [0.3, 0.4) is 0 Å². The molecule has 1 unspecified atom stereocenters. The molecule has 1 atom stereocenters. The van der Waals surface area contributed by atoms with Crippen LogP contribution >= 0.6 is 11.6 Å². The highest BCUT2D eigenvalue weighted by Crippen LogP contribution is 2.36. The molecule has 37 heavy (non-hydrogen) atoms. The summed E-state index contributed by atoms with van der Waals surface area (Å²) >= 11 is 6.19. The van der Waals surface area contributed by atoms with E-state index in [0.29, 0.717) is 53.5 Å². The molecule has 2 N–H and O–H groups in total. The first-order valence-electron chi connectivity index (χ1n) is 11.1. The highest BCUT2D eigenvalue weighted by molar-refractivity contribution is 6.33. The third kappa shape index (κ3) is 7.14. The fourth-order valence-corrected chi connectivity index (χ4v) is 3.69. The molecule has 1 aliphatic rings. The number of alkyl halides is 3. The second-order valence-corrected chi connectivity index (χ2v) is 8.68. The van der Waals surface area contributed by atoms with E-state index < -0.39 is 12.1 Å². The molecule has 0 saturated carbocycles. The van der Waals surface area contributed by atoms with Gasteiger partial charge in [0, 0.05) is 50.3 Å². The zero-order valence-corrected chi connectivity index (χ0v) is 20.6. The molecule has 196 valence electrons. The zero-order valence-electron chi connectivity index (χ0n) is 19.8. The number of ether oxygens (including phenoxy) is 3. The average Bonchev–Trinajstić information content (AvgIpc) is 3.32. The van der Waals surface area contributed by atoms with Gasteiger partial charge in [-0.2, -0.15) is 0 Å². The van der Waals surface area contributed by atoms with Crippen molar-refractivity contribution in [3.8, 4) is 11.5 Å². The Labute approximate surface area is 215 Å². The van der Waals surface area contributed by atoms with Crippen LogP contribution in [0.5, 0.6) is 11.5 Å². The molecule has 4 rings (SSSR count). The van der Waals surface area contributed by atoms with E-state index in [4.69, 9.17) is 21.1 Å². The summed E-state index contributed by atoms with van der Waals surface area (Å²) in [7, 11) is 3.58. The summed E-state index contributed by atoms with van der Waals surface area (Å²) in [6.45, 7) is 1.00. The molecule has 0 spiro atoms. The van der Waals surface area contributed by atoms with E-state index in [-0.39, 0.29) is 17.0 Å². The van der Waals surface area contributed by atoms with Crippen molar-refractivity contribution in [2.24, 2.45) is 0 Å². The molecule has 3 aromatic rings. The maximum Gasteiger partial charge on any atom is 0.573 e. The Morgan fingerprint density at radius 2 is 2.03 bits per heavy atom. The Morgan fingerprint density at radius 1 is 1.22 bits per heavy atom. The van der Waals surface area contributed by atoms with Crippen molar-refractivity contribution in [3.05, 3.63) is 54.0 Å². The van der Waals surface area contributed by atoms with Gasteiger partial charge in [-0.05, 0) is 18.2 Å². The van der Waals surface area contributed by atoms with Gasteiger partial charge in [0.05, 0.1) is 35.1 Å². The SMILES string of the molecule is CN(C)/C=C/C(=O)Nc1cc2c(Nc3ccc(OC(F)(F)F)cc3Cl)ncnc2cc1OC1CCOC1. The lowest BCUT2D eigenvalue weighted by Gasteiger charge is -2.18. The normalized spacial score (nSPS) is 15.7. The molecule has 1 amide bonds. The second-order valence-electron chi connectivity index (χ2n) is 8.27. The van der Waals surface area contributed by atoms with Gasteiger partial charge in [0.15, 0.2) is 0 Å². The number of carbonyl (C=O) groups is 1. The smallest absolute Gasteiger partial charge is 0.486 e. The lowest BCUT2D eigenvalue weighted by molar-refractivity contribution is -0.274. The van der Waals surface area contributed by atoms with Crippen molar-refractivity contribution in [3.63, 3.8) is 0 Å². The largest absolute Gasteiger partial charge is 0.573 e. The van der Waals surface area contributed by atoms with Crippen molar-refractivity contribution in [2.75, 3.05) is 37.9 Å². The molecular formula is C24H23ClF3N5O4. The van der Waals surface area contributed by atoms with Crippen LogP contribution in [0, 0.1) is 0 Å². The minimum atomic E-state index is -4.84. The predicted molar refractivity (Wildman–Crippen MR) is 132 cm³/mol. The number of benzene rings is 2. The molecule has 9 nitrogen and oxygen atoms in total. The van der Waals surface area contributed by atoms with Gasteiger partial charge in [0.1, 0.15) is 29.7 Å². The highest BCUT2D eigenvalue weighted by Gasteiger charge is 2.31. The van der Waals surface area contributed by atoms with Crippen molar-refractivity contribution in [1.82, 2.24) is 14.9 Å². The first kappa shape index (κ1) is 26.3. The summed E-state index contributed by atoms with van der Waals surface area (Å²) in [4.78, 5) is 22.8. The number of halogens is 4. The average molecular weight is 538 g/mol. The minimum Gasteiger partial charge on any atom is -0.486 e. The Hall–Kier alpha value is -3.77. The number of anilines is 3. The van der Waals surface area contributed by atoms with Gasteiger partial charge in [0.2, 0.25) is 5.91 Å². The van der Waals surface area contributed by atoms with Crippen LogP contribution in [0.2, 0.25) is 5.02 Å². The van der Waals surface area contributed by atoms with E-state index >= 15 is 0 Å². The lowest BCUT2D eigenvalue weighted by atomic mass is 10.1. The van der Waals surface area contributed by atoms with Crippen molar-refractivity contribution >= 4 is 45.6 Å². The number of nitrogens with zero attached hydrogens (tertiary/aromatic N) is 3. The number of fused-ring (bicyclic) bond motifs is 1. The summed E-state index contributed by atoms with van der Waals surface area (Å²) in [6.07, 6.45) is -0.0198. The monoisotopic (exact) mass is 537 g/mol. The van der Waals surface area contributed by atoms with Gasteiger partial charge in [-0.25, -0.2) is 9.97 Å². The lowest BCUT2D eigenvalue weighted by Crippen LogP contribution is -2.18. The van der Waals surface area contributed by atoms with Gasteiger partial charge in [-0.15, -0.1) is 13.2 Å². The molecule has 1 fully saturated rings. The van der Waals surface area contributed by atoms with Crippen LogP contribution in [0.4, 0.5) is 30.4 Å². The van der Waals surface area contributed by atoms with Gasteiger partial charge in [-0.1, -0.05) is 11.6 Å². The van der Waals surface area contributed by atoms with E-state index in [9.17, 15) is 18.0 Å². The van der Waals surface area contributed by atoms with E-state index in [1.54, 1.807) is 37.3 Å². The third-order valence-electron chi connectivity index (χ3n) is 5.13. The maximum atomic E-state index is 12.5. The summed E-state index contributed by atoms with van der Waals surface area (Å²) in [6, 6.07) is 6.83. The first-order valence-corrected chi connectivity index (χ1v) is 11.5. The Morgan fingerprint density at radius 3 is 2.70 bits per heavy atom. The van der Waals surface area contributed by atoms with Crippen LogP contribution in [0.15, 0.2) is 48.9 Å². The molecule has 2 aromatic carbocycles. The van der Waals surface area contributed by atoms with Crippen LogP contribution in [-0.2, 0) is 9.53 Å². The quantitative estimate of drug-likeness (QED) is 0.383. The minimum absolute atomic E-state index is 0.0166. The molecule has 0 aliphatic carbocycles. The number of amides is 1. The third-order valence-corrected chi connectivity index (χ3v) is 5.44. The maximum absolute atomic E-state index is 12.5. The molecule has 2 heterocycles. The Kier molecular flexibility index (Phi) is 7.89. The standard InChI is InChI=1S/C24H23ClF3N5O4/c1-33(2)7-5-22(34)31-20-10-16-19(11-21(20)36-15-6-8-35-12-15)29-13-30-23(16)32-18-4-3-14(9-17(18)25)37-24(26,27)28/h3-5,7,9-11,13,15H,6,8,12H2,1-2H3,(H,31,34)(H,29,30,32)/b7-5+. The van der Waals surface area contributed by atoms with Crippen LogP contribution < -0.4 is 20.1 Å². The molecule has 0 radical (unpaired) electrons. The molecule has 1 aromatic heterocycles. The number of hydrogen-bond donors (Lipinski definition) is 2. The van der Waals surface area contributed by atoms with Crippen LogP contribution in [0.25, 0.3) is 10.9 Å². The van der Waals surface area contributed by atoms with Gasteiger partial charge >= 0.3 is 6.36 Å². The summed E-state index contributed by atoms with van der Waals surface area (Å²) in [5, 5.41) is 6.31. The first-order chi connectivity index (χ1) is 17.6. The van der Waals surface area contributed by atoms with Crippen molar-refractivity contribution in [2.45, 2.75) is 18.9 Å². The second kappa shape index (κ2) is 11.1. The van der Waals surface area contributed by atoms with Crippen LogP contribution in [-0.4, -0.2) is 60.6 Å². The molecule has 1 saturated heterocycles. The van der Waals surface area contributed by atoms with Crippen molar-refractivity contribution < 1.29 is 32.2 Å². The van der Waals surface area contributed by atoms with Gasteiger partial charge in [-0.3, -0.25) is 4.79 Å². The fraction of sp³-hybridized carbons (Fsp3) is 0.292. The summed E-state index contributed by atoms with van der Waals surface area (Å²) < 4.78 is 52.9. The number of hydrogen-bond acceptors (Lipinski definition) is 8. The predicted octanol–water partition coefficient (Wildman–Crippen LogP) is 5.11. The number of nitrogens with one attached hydrogen (secondary N) is 2. The van der Waals surface area contributed by atoms with E-state index in [1.165, 1.54) is 18.5 Å². The van der Waals surface area contributed by atoms with Crippen molar-refractivity contribution in [1.29, 1.82) is 0 Å². The number of carbonyl (C=O) groups excluding carboxylic acids is 1. The van der Waals surface area contributed by atoms with Crippen LogP contribution in [0.1, 0.15) is 6.42 Å². The molecule has 1 aliphatic heterocycles. The Bertz CT molecular complexity index is 1310. The molecule has 13 heteroatoms. The van der Waals surface area contributed by atoms with E-state index in [1.807, 2.05) is 0 Å². The Balaban J connectivity index is 1.68. The topological polar surface area (TPSA) is 97.8 Å². The van der Waals surface area contributed by atoms with E-state index in [2.05, 4.69) is 25.3 Å². The zero-order chi connectivity index (χ0) is 26.6. The van der Waals surface area contributed by atoms with Gasteiger partial charge in [0.25, 0.3) is 0 Å². The highest BCUT2D eigenvalue weighted by atomic mass is 35.5. The number of rotatable bonds is 8. The summed E-state index contributed by atoms with van der Waals surface area (Å²) in [5.74, 6) is -0.114. The number of aromatic nitrogens is 2.